The van der Waals surface area contributed by atoms with Crippen LogP contribution in [-0.4, -0.2) is 36.6 Å². The molecule has 2 saturated heterocycles. The van der Waals surface area contributed by atoms with E-state index in [4.69, 9.17) is 0 Å². The van der Waals surface area contributed by atoms with Gasteiger partial charge in [0, 0.05) is 18.6 Å². The molecule has 3 fully saturated rings. The van der Waals surface area contributed by atoms with Crippen molar-refractivity contribution in [3.8, 4) is 0 Å². The summed E-state index contributed by atoms with van der Waals surface area (Å²) in [5.74, 6) is 2.03. The molecule has 4 unspecified atom stereocenters. The van der Waals surface area contributed by atoms with E-state index in [0.29, 0.717) is 0 Å². The number of rotatable bonds is 5. The first kappa shape index (κ1) is 11.0. The molecule has 0 aromatic carbocycles. The van der Waals surface area contributed by atoms with Gasteiger partial charge in [-0.05, 0) is 50.6 Å². The Morgan fingerprint density at radius 1 is 1.19 bits per heavy atom. The number of nitrogens with zero attached hydrogens (tertiary/aromatic N) is 1. The van der Waals surface area contributed by atoms with Gasteiger partial charge in [-0.25, -0.2) is 0 Å². The number of hydrogen-bond acceptors (Lipinski definition) is 2. The lowest BCUT2D eigenvalue weighted by molar-refractivity contribution is 0.204. The zero-order chi connectivity index (χ0) is 11.0. The SMILES string of the molecule is CCC(CC1CC1)NC1CCN2CCC1C2. The van der Waals surface area contributed by atoms with Gasteiger partial charge in [0.25, 0.3) is 0 Å². The second kappa shape index (κ2) is 4.66. The molecule has 2 bridgehead atoms. The fourth-order valence-electron chi connectivity index (χ4n) is 3.58. The van der Waals surface area contributed by atoms with Gasteiger partial charge in [0.2, 0.25) is 0 Å². The van der Waals surface area contributed by atoms with Crippen LogP contribution >= 0.6 is 0 Å². The van der Waals surface area contributed by atoms with Crippen LogP contribution in [-0.2, 0) is 0 Å². The van der Waals surface area contributed by atoms with Crippen molar-refractivity contribution < 1.29 is 0 Å². The predicted octanol–water partition coefficient (Wildman–Crippen LogP) is 2.25. The maximum absolute atomic E-state index is 3.98. The average molecular weight is 222 g/mol. The summed E-state index contributed by atoms with van der Waals surface area (Å²) in [4.78, 5) is 2.64. The monoisotopic (exact) mass is 222 g/mol. The largest absolute Gasteiger partial charge is 0.311 e. The van der Waals surface area contributed by atoms with Crippen LogP contribution in [0.15, 0.2) is 0 Å². The highest BCUT2D eigenvalue weighted by molar-refractivity contribution is 4.92. The van der Waals surface area contributed by atoms with Crippen molar-refractivity contribution in [1.29, 1.82) is 0 Å². The maximum Gasteiger partial charge on any atom is 0.0123 e. The van der Waals surface area contributed by atoms with Crippen molar-refractivity contribution in [2.75, 3.05) is 19.6 Å². The molecule has 2 aliphatic heterocycles. The van der Waals surface area contributed by atoms with Crippen LogP contribution in [0.4, 0.5) is 0 Å². The molecule has 1 saturated carbocycles. The van der Waals surface area contributed by atoms with E-state index in [-0.39, 0.29) is 0 Å². The molecule has 2 nitrogen and oxygen atoms in total. The predicted molar refractivity (Wildman–Crippen MR) is 67.5 cm³/mol. The molecular formula is C14H26N2. The molecule has 2 heteroatoms. The number of nitrogens with one attached hydrogen (secondary N) is 1. The Hall–Kier alpha value is -0.0800. The second-order valence-corrected chi connectivity index (χ2v) is 6.20. The van der Waals surface area contributed by atoms with Gasteiger partial charge >= 0.3 is 0 Å². The van der Waals surface area contributed by atoms with Crippen LogP contribution in [0.2, 0.25) is 0 Å². The summed E-state index contributed by atoms with van der Waals surface area (Å²) in [6, 6.07) is 1.65. The summed E-state index contributed by atoms with van der Waals surface area (Å²) in [5, 5.41) is 3.98. The highest BCUT2D eigenvalue weighted by atomic mass is 15.2. The van der Waals surface area contributed by atoms with Gasteiger partial charge in [-0.2, -0.15) is 0 Å². The van der Waals surface area contributed by atoms with Crippen molar-refractivity contribution in [1.82, 2.24) is 10.2 Å². The minimum absolute atomic E-state index is 0.810. The highest BCUT2D eigenvalue weighted by Crippen LogP contribution is 2.35. The molecular weight excluding hydrogens is 196 g/mol. The summed E-state index contributed by atoms with van der Waals surface area (Å²) >= 11 is 0. The molecule has 3 rings (SSSR count). The van der Waals surface area contributed by atoms with Gasteiger partial charge < -0.3 is 10.2 Å². The lowest BCUT2D eigenvalue weighted by atomic mass is 9.92. The summed E-state index contributed by atoms with van der Waals surface area (Å²) in [7, 11) is 0. The summed E-state index contributed by atoms with van der Waals surface area (Å²) in [5.41, 5.74) is 0. The summed E-state index contributed by atoms with van der Waals surface area (Å²) in [6.07, 6.45) is 8.61. The lowest BCUT2D eigenvalue weighted by Gasteiger charge is -2.34. The van der Waals surface area contributed by atoms with Crippen molar-refractivity contribution >= 4 is 0 Å². The van der Waals surface area contributed by atoms with Crippen molar-refractivity contribution in [3.63, 3.8) is 0 Å². The number of fused-ring (bicyclic) bond motifs is 2. The van der Waals surface area contributed by atoms with Crippen molar-refractivity contribution in [3.05, 3.63) is 0 Å². The van der Waals surface area contributed by atoms with E-state index in [2.05, 4.69) is 17.1 Å². The Kier molecular flexibility index (Phi) is 3.21. The third-order valence-corrected chi connectivity index (χ3v) is 4.89. The van der Waals surface area contributed by atoms with Crippen LogP contribution in [0.5, 0.6) is 0 Å². The molecule has 92 valence electrons. The van der Waals surface area contributed by atoms with Gasteiger partial charge in [-0.15, -0.1) is 0 Å². The molecule has 0 radical (unpaired) electrons. The molecule has 16 heavy (non-hydrogen) atoms. The Labute approximate surface area is 99.8 Å². The van der Waals surface area contributed by atoms with E-state index in [1.54, 1.807) is 0 Å². The third kappa shape index (κ3) is 2.43. The van der Waals surface area contributed by atoms with Crippen molar-refractivity contribution in [2.45, 2.75) is 57.5 Å². The summed E-state index contributed by atoms with van der Waals surface area (Å²) < 4.78 is 0. The standard InChI is InChI=1S/C14H26N2/c1-2-13(9-11-3-4-11)15-14-6-8-16-7-5-12(14)10-16/h11-15H,2-10H2,1H3. The van der Waals surface area contributed by atoms with Crippen LogP contribution in [0.3, 0.4) is 0 Å². The van der Waals surface area contributed by atoms with Gasteiger partial charge in [0.1, 0.15) is 0 Å². The van der Waals surface area contributed by atoms with Gasteiger partial charge in [-0.3, -0.25) is 0 Å². The molecule has 0 spiro atoms. The van der Waals surface area contributed by atoms with E-state index in [1.165, 1.54) is 58.2 Å². The topological polar surface area (TPSA) is 15.3 Å². The molecule has 0 aromatic heterocycles. The van der Waals surface area contributed by atoms with E-state index in [9.17, 15) is 0 Å². The van der Waals surface area contributed by atoms with Gasteiger partial charge in [0.05, 0.1) is 0 Å². The fourth-order valence-corrected chi connectivity index (χ4v) is 3.58. The molecule has 4 atom stereocenters. The van der Waals surface area contributed by atoms with Crippen LogP contribution in [0, 0.1) is 11.8 Å². The van der Waals surface area contributed by atoms with Gasteiger partial charge in [0.15, 0.2) is 0 Å². The highest BCUT2D eigenvalue weighted by Gasteiger charge is 2.35. The molecule has 3 aliphatic rings. The Morgan fingerprint density at radius 3 is 2.75 bits per heavy atom. The Bertz CT molecular complexity index is 237. The normalized spacial score (nSPS) is 39.9. The lowest BCUT2D eigenvalue weighted by Crippen LogP contribution is -2.47. The van der Waals surface area contributed by atoms with E-state index < -0.39 is 0 Å². The Morgan fingerprint density at radius 2 is 2.00 bits per heavy atom. The molecule has 2 heterocycles. The summed E-state index contributed by atoms with van der Waals surface area (Å²) in [6.45, 7) is 6.43. The number of piperidine rings is 1. The Balaban J connectivity index is 1.51. The van der Waals surface area contributed by atoms with Gasteiger partial charge in [-0.1, -0.05) is 19.8 Å². The van der Waals surface area contributed by atoms with E-state index in [0.717, 1.165) is 23.9 Å². The smallest absolute Gasteiger partial charge is 0.0123 e. The van der Waals surface area contributed by atoms with E-state index >= 15 is 0 Å². The first-order valence-electron chi connectivity index (χ1n) is 7.33. The quantitative estimate of drug-likeness (QED) is 0.767. The third-order valence-electron chi connectivity index (χ3n) is 4.89. The fraction of sp³-hybridized carbons (Fsp3) is 1.00. The molecule has 0 aromatic rings. The zero-order valence-electron chi connectivity index (χ0n) is 10.6. The minimum Gasteiger partial charge on any atom is -0.311 e. The van der Waals surface area contributed by atoms with Crippen LogP contribution in [0.1, 0.15) is 45.4 Å². The van der Waals surface area contributed by atoms with Crippen LogP contribution in [0.25, 0.3) is 0 Å². The first-order chi connectivity index (χ1) is 7.85. The van der Waals surface area contributed by atoms with E-state index in [1.807, 2.05) is 0 Å². The van der Waals surface area contributed by atoms with Crippen molar-refractivity contribution in [2.24, 2.45) is 11.8 Å². The number of hydrogen-bond donors (Lipinski definition) is 1. The first-order valence-corrected chi connectivity index (χ1v) is 7.33. The molecule has 1 N–H and O–H groups in total. The molecule has 1 aliphatic carbocycles. The minimum atomic E-state index is 0.810. The molecule has 0 amide bonds. The maximum atomic E-state index is 3.98. The average Bonchev–Trinajstić information content (AvgIpc) is 3.04. The van der Waals surface area contributed by atoms with Crippen LogP contribution < -0.4 is 5.32 Å². The zero-order valence-corrected chi connectivity index (χ0v) is 10.6. The second-order valence-electron chi connectivity index (χ2n) is 6.20.